The molecule has 2 aliphatic rings. The second kappa shape index (κ2) is 15.0. The molecular weight excluding hydrogens is 555 g/mol. The van der Waals surface area contributed by atoms with Gasteiger partial charge in [-0.25, -0.2) is 4.39 Å². The van der Waals surface area contributed by atoms with Crippen molar-refractivity contribution in [3.05, 3.63) is 94.8 Å². The van der Waals surface area contributed by atoms with Crippen LogP contribution in [0.15, 0.2) is 66.7 Å². The van der Waals surface area contributed by atoms with Gasteiger partial charge in [-0.2, -0.15) is 0 Å². The number of carbonyl (C=O) groups excluding carboxylic acids is 3. The third-order valence-corrected chi connectivity index (χ3v) is 8.89. The Bertz CT molecular complexity index is 1480. The summed E-state index contributed by atoms with van der Waals surface area (Å²) >= 11 is 0. The summed E-state index contributed by atoms with van der Waals surface area (Å²) in [4.78, 5) is 42.3. The molecule has 7 nitrogen and oxygen atoms in total. The van der Waals surface area contributed by atoms with E-state index in [0.717, 1.165) is 63.7 Å². The summed E-state index contributed by atoms with van der Waals surface area (Å²) in [5, 5.41) is 5.90. The number of nitrogens with one attached hydrogen (secondary N) is 2. The fourth-order valence-electron chi connectivity index (χ4n) is 6.36. The van der Waals surface area contributed by atoms with Gasteiger partial charge >= 0.3 is 0 Å². The molecular formula is C36H43FN4O3. The van der Waals surface area contributed by atoms with E-state index in [9.17, 15) is 18.8 Å². The van der Waals surface area contributed by atoms with Gasteiger partial charge in [-0.15, -0.1) is 0 Å². The molecule has 3 aromatic carbocycles. The second-order valence-corrected chi connectivity index (χ2v) is 12.0. The third-order valence-electron chi connectivity index (χ3n) is 8.89. The van der Waals surface area contributed by atoms with Crippen LogP contribution in [0, 0.1) is 18.7 Å². The van der Waals surface area contributed by atoms with Crippen molar-refractivity contribution in [1.29, 1.82) is 0 Å². The molecule has 0 radical (unpaired) electrons. The SMILES string of the molecule is Cc1ccccc1N1CCCC(CCc2ccc(C(=O)NCCCN3CCCC3=O)cc2NC(=O)c2cccc(F)c2)CC1. The molecule has 3 aromatic rings. The molecule has 0 aromatic heterocycles. The molecule has 2 N–H and O–H groups in total. The third kappa shape index (κ3) is 8.24. The van der Waals surface area contributed by atoms with Crippen molar-refractivity contribution in [2.45, 2.75) is 58.3 Å². The van der Waals surface area contributed by atoms with Crippen molar-refractivity contribution in [3.63, 3.8) is 0 Å². The Hall–Kier alpha value is -4.20. The minimum absolute atomic E-state index is 0.179. The maximum Gasteiger partial charge on any atom is 0.255 e. The highest BCUT2D eigenvalue weighted by molar-refractivity contribution is 6.05. The molecule has 2 heterocycles. The van der Waals surface area contributed by atoms with E-state index in [1.54, 1.807) is 18.2 Å². The van der Waals surface area contributed by atoms with Crippen LogP contribution < -0.4 is 15.5 Å². The molecule has 1 unspecified atom stereocenters. The van der Waals surface area contributed by atoms with Crippen molar-refractivity contribution < 1.29 is 18.8 Å². The predicted molar refractivity (Wildman–Crippen MR) is 173 cm³/mol. The van der Waals surface area contributed by atoms with E-state index in [2.05, 4.69) is 46.7 Å². The average molecular weight is 599 g/mol. The first-order valence-corrected chi connectivity index (χ1v) is 15.9. The lowest BCUT2D eigenvalue weighted by atomic mass is 9.92. The summed E-state index contributed by atoms with van der Waals surface area (Å²) in [5.74, 6) is -0.387. The first-order valence-electron chi connectivity index (χ1n) is 15.9. The second-order valence-electron chi connectivity index (χ2n) is 12.0. The van der Waals surface area contributed by atoms with Crippen molar-refractivity contribution >= 4 is 29.1 Å². The molecule has 2 fully saturated rings. The van der Waals surface area contributed by atoms with Crippen molar-refractivity contribution in [1.82, 2.24) is 10.2 Å². The number of hydrogen-bond donors (Lipinski definition) is 2. The predicted octanol–water partition coefficient (Wildman–Crippen LogP) is 6.37. The van der Waals surface area contributed by atoms with E-state index in [4.69, 9.17) is 0 Å². The molecule has 0 bridgehead atoms. The van der Waals surface area contributed by atoms with E-state index in [1.807, 2.05) is 11.0 Å². The maximum atomic E-state index is 13.8. The molecule has 1 atom stereocenters. The number of para-hydroxylation sites is 1. The minimum atomic E-state index is -0.477. The Morgan fingerprint density at radius 2 is 1.75 bits per heavy atom. The van der Waals surface area contributed by atoms with Crippen molar-refractivity contribution in [3.8, 4) is 0 Å². The summed E-state index contributed by atoms with van der Waals surface area (Å²) in [5.41, 5.74) is 4.82. The lowest BCUT2D eigenvalue weighted by Gasteiger charge is -2.24. The maximum absolute atomic E-state index is 13.8. The Balaban J connectivity index is 1.23. The Labute approximate surface area is 259 Å². The Kier molecular flexibility index (Phi) is 10.6. The topological polar surface area (TPSA) is 81.8 Å². The zero-order valence-corrected chi connectivity index (χ0v) is 25.6. The van der Waals surface area contributed by atoms with Gasteiger partial charge in [0.15, 0.2) is 0 Å². The number of benzene rings is 3. The smallest absolute Gasteiger partial charge is 0.255 e. The van der Waals surface area contributed by atoms with Crippen LogP contribution in [-0.4, -0.2) is 55.3 Å². The van der Waals surface area contributed by atoms with Gasteiger partial charge in [-0.05, 0) is 105 Å². The molecule has 2 saturated heterocycles. The largest absolute Gasteiger partial charge is 0.371 e. The van der Waals surface area contributed by atoms with E-state index >= 15 is 0 Å². The van der Waals surface area contributed by atoms with Crippen LogP contribution in [0.1, 0.15) is 76.8 Å². The fourth-order valence-corrected chi connectivity index (χ4v) is 6.36. The van der Waals surface area contributed by atoms with Gasteiger partial charge < -0.3 is 20.4 Å². The zero-order chi connectivity index (χ0) is 30.9. The Morgan fingerprint density at radius 3 is 2.55 bits per heavy atom. The molecule has 8 heteroatoms. The Morgan fingerprint density at radius 1 is 0.909 bits per heavy atom. The molecule has 0 aliphatic carbocycles. The number of halogens is 1. The molecule has 5 rings (SSSR count). The summed E-state index contributed by atoms with van der Waals surface area (Å²) < 4.78 is 13.8. The fraction of sp³-hybridized carbons (Fsp3) is 0.417. The van der Waals surface area contributed by atoms with Crippen LogP contribution in [0.25, 0.3) is 0 Å². The number of aryl methyl sites for hydroxylation is 2. The number of anilines is 2. The normalized spacial score (nSPS) is 17.0. The molecule has 2 aliphatic heterocycles. The van der Waals surface area contributed by atoms with Gasteiger partial charge in [-0.3, -0.25) is 14.4 Å². The van der Waals surface area contributed by atoms with E-state index in [1.165, 1.54) is 29.4 Å². The highest BCUT2D eigenvalue weighted by Gasteiger charge is 2.21. The molecule has 232 valence electrons. The molecule has 3 amide bonds. The van der Waals surface area contributed by atoms with Gasteiger partial charge in [0.25, 0.3) is 11.8 Å². The summed E-state index contributed by atoms with van der Waals surface area (Å²) in [6.07, 6.45) is 7.31. The number of amides is 3. The zero-order valence-electron chi connectivity index (χ0n) is 25.6. The minimum Gasteiger partial charge on any atom is -0.371 e. The van der Waals surface area contributed by atoms with Gasteiger partial charge in [0.05, 0.1) is 0 Å². The number of carbonyl (C=O) groups is 3. The van der Waals surface area contributed by atoms with E-state index in [0.29, 0.717) is 43.1 Å². The molecule has 0 spiro atoms. The molecule has 0 saturated carbocycles. The van der Waals surface area contributed by atoms with Crippen molar-refractivity contribution in [2.75, 3.05) is 42.9 Å². The van der Waals surface area contributed by atoms with Gasteiger partial charge in [0.1, 0.15) is 5.82 Å². The highest BCUT2D eigenvalue weighted by atomic mass is 19.1. The van der Waals surface area contributed by atoms with Crippen molar-refractivity contribution in [2.24, 2.45) is 5.92 Å². The summed E-state index contributed by atoms with van der Waals surface area (Å²) in [6, 6.07) is 19.6. The van der Waals surface area contributed by atoms with Crippen LogP contribution in [-0.2, 0) is 11.2 Å². The van der Waals surface area contributed by atoms with Crippen LogP contribution in [0.3, 0.4) is 0 Å². The monoisotopic (exact) mass is 598 g/mol. The van der Waals surface area contributed by atoms with Crippen LogP contribution in [0.4, 0.5) is 15.8 Å². The van der Waals surface area contributed by atoms with Crippen LogP contribution in [0.2, 0.25) is 0 Å². The van der Waals surface area contributed by atoms with Crippen LogP contribution >= 0.6 is 0 Å². The highest BCUT2D eigenvalue weighted by Crippen LogP contribution is 2.29. The quantitative estimate of drug-likeness (QED) is 0.252. The molecule has 44 heavy (non-hydrogen) atoms. The van der Waals surface area contributed by atoms with Crippen LogP contribution in [0.5, 0.6) is 0 Å². The lowest BCUT2D eigenvalue weighted by molar-refractivity contribution is -0.127. The first kappa shape index (κ1) is 31.2. The van der Waals surface area contributed by atoms with E-state index in [-0.39, 0.29) is 17.4 Å². The van der Waals surface area contributed by atoms with E-state index < -0.39 is 11.7 Å². The first-order chi connectivity index (χ1) is 21.4. The number of hydrogen-bond acceptors (Lipinski definition) is 4. The van der Waals surface area contributed by atoms with Gasteiger partial charge in [0, 0.05) is 61.6 Å². The summed E-state index contributed by atoms with van der Waals surface area (Å²) in [7, 11) is 0. The van der Waals surface area contributed by atoms with Gasteiger partial charge in [0.2, 0.25) is 5.91 Å². The number of likely N-dealkylation sites (tertiary alicyclic amines) is 1. The standard InChI is InChI=1S/C36H43FN4O3/c1-26-8-2-3-12-33(26)40-20-5-9-27(18-23-40)14-15-28-16-17-30(35(43)38-19-7-22-41-21-6-13-34(41)42)25-32(28)39-36(44)29-10-4-11-31(37)24-29/h2-4,8,10-12,16-17,24-25,27H,5-7,9,13-15,18-23H2,1H3,(H,38,43)(H,39,44). The summed E-state index contributed by atoms with van der Waals surface area (Å²) in [6.45, 7) is 6.11. The number of nitrogens with zero attached hydrogens (tertiary/aromatic N) is 2. The lowest BCUT2D eigenvalue weighted by Crippen LogP contribution is -2.30. The average Bonchev–Trinajstić information content (AvgIpc) is 3.29. The van der Waals surface area contributed by atoms with Gasteiger partial charge in [-0.1, -0.05) is 30.3 Å². The number of rotatable bonds is 11.